The Kier molecular flexibility index (Phi) is 6.02. The number of aryl methyl sites for hydroxylation is 1. The average Bonchev–Trinajstić information content (AvgIpc) is 2.80. The number of carbonyl (C=O) groups is 2. The van der Waals surface area contributed by atoms with Gasteiger partial charge in [-0.15, -0.1) is 0 Å². The van der Waals surface area contributed by atoms with E-state index in [9.17, 15) is 9.59 Å². The van der Waals surface area contributed by atoms with E-state index in [1.807, 2.05) is 20.0 Å². The maximum Gasteiger partial charge on any atom is 0.326 e. The standard InChI is InChI=1S/C13H22N4O3/c1-4-9(2)11(12(18)19)16-13(20)14-7-5-10-6-8-15-17(10)3/h6,8-9,11H,4-5,7H2,1-3H3,(H,18,19)(H2,14,16,20)/t9-,11-/m0/s1. The lowest BCUT2D eigenvalue weighted by Gasteiger charge is -2.20. The van der Waals surface area contributed by atoms with Gasteiger partial charge in [0.2, 0.25) is 0 Å². The van der Waals surface area contributed by atoms with Crippen molar-refractivity contribution in [2.24, 2.45) is 13.0 Å². The maximum atomic E-state index is 11.7. The molecule has 1 aromatic heterocycles. The van der Waals surface area contributed by atoms with E-state index in [4.69, 9.17) is 5.11 Å². The SMILES string of the molecule is CC[C@H](C)[C@H](NC(=O)NCCc1ccnn1C)C(=O)O. The van der Waals surface area contributed by atoms with Gasteiger partial charge in [0.25, 0.3) is 0 Å². The molecule has 20 heavy (non-hydrogen) atoms. The number of hydrogen-bond donors (Lipinski definition) is 3. The number of carboxylic acid groups (broad SMARTS) is 1. The predicted molar refractivity (Wildman–Crippen MR) is 74.3 cm³/mol. The summed E-state index contributed by atoms with van der Waals surface area (Å²) in [4.78, 5) is 22.8. The zero-order chi connectivity index (χ0) is 15.1. The molecule has 0 aromatic carbocycles. The highest BCUT2D eigenvalue weighted by molar-refractivity contribution is 5.82. The Bertz CT molecular complexity index is 458. The van der Waals surface area contributed by atoms with Gasteiger partial charge in [-0.2, -0.15) is 5.10 Å². The van der Waals surface area contributed by atoms with Crippen molar-refractivity contribution in [3.05, 3.63) is 18.0 Å². The fourth-order valence-corrected chi connectivity index (χ4v) is 1.83. The van der Waals surface area contributed by atoms with Gasteiger partial charge in [-0.3, -0.25) is 4.68 Å². The summed E-state index contributed by atoms with van der Waals surface area (Å²) >= 11 is 0. The summed E-state index contributed by atoms with van der Waals surface area (Å²) in [7, 11) is 1.83. The zero-order valence-corrected chi connectivity index (χ0v) is 12.1. The van der Waals surface area contributed by atoms with Gasteiger partial charge < -0.3 is 15.7 Å². The van der Waals surface area contributed by atoms with Crippen molar-refractivity contribution in [1.82, 2.24) is 20.4 Å². The van der Waals surface area contributed by atoms with Crippen LogP contribution >= 0.6 is 0 Å². The van der Waals surface area contributed by atoms with Gasteiger partial charge in [-0.05, 0) is 12.0 Å². The second kappa shape index (κ2) is 7.52. The van der Waals surface area contributed by atoms with Crippen LogP contribution in [0, 0.1) is 5.92 Å². The van der Waals surface area contributed by atoms with Crippen LogP contribution in [0.5, 0.6) is 0 Å². The molecule has 1 rings (SSSR count). The molecular weight excluding hydrogens is 260 g/mol. The minimum atomic E-state index is -1.01. The smallest absolute Gasteiger partial charge is 0.326 e. The molecule has 0 aliphatic heterocycles. The van der Waals surface area contributed by atoms with Crippen LogP contribution < -0.4 is 10.6 Å². The Hall–Kier alpha value is -2.05. The molecule has 7 nitrogen and oxygen atoms in total. The monoisotopic (exact) mass is 282 g/mol. The molecule has 0 saturated carbocycles. The number of carbonyl (C=O) groups excluding carboxylic acids is 1. The normalized spacial score (nSPS) is 13.6. The summed E-state index contributed by atoms with van der Waals surface area (Å²) in [6.07, 6.45) is 3.02. The van der Waals surface area contributed by atoms with Crippen molar-refractivity contribution in [2.45, 2.75) is 32.7 Å². The average molecular weight is 282 g/mol. The van der Waals surface area contributed by atoms with E-state index >= 15 is 0 Å². The topological polar surface area (TPSA) is 96.3 Å². The molecule has 0 bridgehead atoms. The van der Waals surface area contributed by atoms with Crippen molar-refractivity contribution < 1.29 is 14.7 Å². The number of amides is 2. The van der Waals surface area contributed by atoms with Gasteiger partial charge in [-0.1, -0.05) is 20.3 Å². The van der Waals surface area contributed by atoms with Gasteiger partial charge in [0.15, 0.2) is 0 Å². The van der Waals surface area contributed by atoms with Crippen LogP contribution in [0.15, 0.2) is 12.3 Å². The van der Waals surface area contributed by atoms with E-state index in [0.29, 0.717) is 19.4 Å². The predicted octanol–water partition coefficient (Wildman–Crippen LogP) is 0.761. The Labute approximate surface area is 118 Å². The molecule has 0 aliphatic rings. The van der Waals surface area contributed by atoms with E-state index in [-0.39, 0.29) is 5.92 Å². The third-order valence-corrected chi connectivity index (χ3v) is 3.35. The Morgan fingerprint density at radius 3 is 2.70 bits per heavy atom. The van der Waals surface area contributed by atoms with Crippen molar-refractivity contribution in [2.75, 3.05) is 6.54 Å². The molecule has 0 radical (unpaired) electrons. The molecule has 0 saturated heterocycles. The lowest BCUT2D eigenvalue weighted by atomic mass is 9.99. The third kappa shape index (κ3) is 4.56. The van der Waals surface area contributed by atoms with Crippen LogP contribution in [0.1, 0.15) is 26.0 Å². The number of urea groups is 1. The maximum absolute atomic E-state index is 11.7. The van der Waals surface area contributed by atoms with Crippen LogP contribution in [0.2, 0.25) is 0 Å². The molecule has 3 N–H and O–H groups in total. The van der Waals surface area contributed by atoms with Crippen LogP contribution in [0.4, 0.5) is 4.79 Å². The third-order valence-electron chi connectivity index (χ3n) is 3.35. The molecule has 2 atom stereocenters. The van der Waals surface area contributed by atoms with Crippen molar-refractivity contribution in [1.29, 1.82) is 0 Å². The summed E-state index contributed by atoms with van der Waals surface area (Å²) in [6, 6.07) is 0.551. The summed E-state index contributed by atoms with van der Waals surface area (Å²) in [5, 5.41) is 18.3. The lowest BCUT2D eigenvalue weighted by molar-refractivity contribution is -0.140. The number of nitrogens with zero attached hydrogens (tertiary/aromatic N) is 2. The van der Waals surface area contributed by atoms with Gasteiger partial charge >= 0.3 is 12.0 Å². The Morgan fingerprint density at radius 2 is 2.20 bits per heavy atom. The largest absolute Gasteiger partial charge is 0.480 e. The van der Waals surface area contributed by atoms with E-state index in [1.165, 1.54) is 0 Å². The van der Waals surface area contributed by atoms with Gasteiger partial charge in [0, 0.05) is 31.9 Å². The molecule has 1 heterocycles. The molecular formula is C13H22N4O3. The zero-order valence-electron chi connectivity index (χ0n) is 12.1. The first-order valence-electron chi connectivity index (χ1n) is 6.69. The van der Waals surface area contributed by atoms with Crippen LogP contribution in [-0.4, -0.2) is 39.5 Å². The minimum Gasteiger partial charge on any atom is -0.480 e. The summed E-state index contributed by atoms with van der Waals surface area (Å²) in [6.45, 7) is 4.12. The van der Waals surface area contributed by atoms with Gasteiger partial charge in [0.1, 0.15) is 6.04 Å². The van der Waals surface area contributed by atoms with Crippen LogP contribution in [-0.2, 0) is 18.3 Å². The van der Waals surface area contributed by atoms with Gasteiger partial charge in [0.05, 0.1) is 0 Å². The fraction of sp³-hybridized carbons (Fsp3) is 0.615. The molecule has 1 aromatic rings. The molecule has 2 amide bonds. The van der Waals surface area contributed by atoms with E-state index in [2.05, 4.69) is 15.7 Å². The van der Waals surface area contributed by atoms with E-state index < -0.39 is 18.0 Å². The Morgan fingerprint density at radius 1 is 1.50 bits per heavy atom. The molecule has 0 spiro atoms. The van der Waals surface area contributed by atoms with Crippen molar-refractivity contribution >= 4 is 12.0 Å². The minimum absolute atomic E-state index is 0.115. The Balaban J connectivity index is 2.39. The fourth-order valence-electron chi connectivity index (χ4n) is 1.83. The second-order valence-corrected chi connectivity index (χ2v) is 4.80. The molecule has 0 aliphatic carbocycles. The molecule has 0 fully saturated rings. The first-order valence-corrected chi connectivity index (χ1v) is 6.69. The number of aliphatic carboxylic acids is 1. The number of carboxylic acids is 1. The molecule has 0 unspecified atom stereocenters. The lowest BCUT2D eigenvalue weighted by Crippen LogP contribution is -2.49. The molecule has 7 heteroatoms. The quantitative estimate of drug-likeness (QED) is 0.688. The first kappa shape index (κ1) is 16.0. The summed E-state index contributed by atoms with van der Waals surface area (Å²) in [5.41, 5.74) is 1.00. The highest BCUT2D eigenvalue weighted by atomic mass is 16.4. The summed E-state index contributed by atoms with van der Waals surface area (Å²) < 4.78 is 1.73. The van der Waals surface area contributed by atoms with Crippen molar-refractivity contribution in [3.8, 4) is 0 Å². The van der Waals surface area contributed by atoms with Crippen LogP contribution in [0.3, 0.4) is 0 Å². The summed E-state index contributed by atoms with van der Waals surface area (Å²) in [5.74, 6) is -1.13. The van der Waals surface area contributed by atoms with Gasteiger partial charge in [-0.25, -0.2) is 9.59 Å². The van der Waals surface area contributed by atoms with Crippen molar-refractivity contribution in [3.63, 3.8) is 0 Å². The highest BCUT2D eigenvalue weighted by Crippen LogP contribution is 2.07. The molecule has 112 valence electrons. The highest BCUT2D eigenvalue weighted by Gasteiger charge is 2.24. The first-order chi connectivity index (χ1) is 9.45. The number of hydrogen-bond acceptors (Lipinski definition) is 3. The number of nitrogens with one attached hydrogen (secondary N) is 2. The van der Waals surface area contributed by atoms with E-state index in [1.54, 1.807) is 17.8 Å². The van der Waals surface area contributed by atoms with E-state index in [0.717, 1.165) is 5.69 Å². The number of rotatable bonds is 7. The second-order valence-electron chi connectivity index (χ2n) is 4.80. The number of aromatic nitrogens is 2. The van der Waals surface area contributed by atoms with Crippen LogP contribution in [0.25, 0.3) is 0 Å².